The van der Waals surface area contributed by atoms with Crippen LogP contribution in [0.2, 0.25) is 0 Å². The topological polar surface area (TPSA) is 24.1 Å². The van der Waals surface area contributed by atoms with Gasteiger partial charge in [-0.2, -0.15) is 0 Å². The van der Waals surface area contributed by atoms with Gasteiger partial charge in [0.1, 0.15) is 0 Å². The number of fused-ring (bicyclic) bond motifs is 1. The van der Waals surface area contributed by atoms with Crippen LogP contribution in [0.4, 0.5) is 5.69 Å². The lowest BCUT2D eigenvalue weighted by Gasteiger charge is -2.36. The van der Waals surface area contributed by atoms with Crippen LogP contribution in [0.3, 0.4) is 0 Å². The Kier molecular flexibility index (Phi) is 5.48. The number of hydrogen-bond acceptors (Lipinski definition) is 2. The molecular formula is C23H32N2. The first-order valence-electron chi connectivity index (χ1n) is 9.58. The van der Waals surface area contributed by atoms with Crippen molar-refractivity contribution >= 4 is 5.69 Å². The predicted octanol–water partition coefficient (Wildman–Crippen LogP) is 5.31. The summed E-state index contributed by atoms with van der Waals surface area (Å²) in [4.78, 5) is 0. The van der Waals surface area contributed by atoms with Crippen LogP contribution in [0.1, 0.15) is 56.3 Å². The van der Waals surface area contributed by atoms with Crippen molar-refractivity contribution in [2.75, 3.05) is 18.9 Å². The summed E-state index contributed by atoms with van der Waals surface area (Å²) in [5.41, 5.74) is 5.83. The van der Waals surface area contributed by atoms with Crippen LogP contribution in [0.5, 0.6) is 0 Å². The summed E-state index contributed by atoms with van der Waals surface area (Å²) in [6.07, 6.45) is 3.63. The molecule has 2 atom stereocenters. The van der Waals surface area contributed by atoms with Gasteiger partial charge in [0.2, 0.25) is 0 Å². The molecule has 0 radical (unpaired) electrons. The number of hydrogen-bond donors (Lipinski definition) is 2. The zero-order valence-corrected chi connectivity index (χ0v) is 16.1. The summed E-state index contributed by atoms with van der Waals surface area (Å²) in [7, 11) is 2.04. The lowest BCUT2D eigenvalue weighted by Crippen LogP contribution is -2.29. The van der Waals surface area contributed by atoms with Gasteiger partial charge in [-0.1, -0.05) is 63.2 Å². The fourth-order valence-corrected chi connectivity index (χ4v) is 3.88. The fraction of sp³-hybridized carbons (Fsp3) is 0.478. The van der Waals surface area contributed by atoms with Crippen molar-refractivity contribution in [3.8, 4) is 0 Å². The van der Waals surface area contributed by atoms with Crippen molar-refractivity contribution < 1.29 is 0 Å². The fourth-order valence-electron chi connectivity index (χ4n) is 3.88. The van der Waals surface area contributed by atoms with Crippen LogP contribution in [-0.4, -0.2) is 13.6 Å². The Balaban J connectivity index is 1.89. The molecule has 0 aliphatic carbocycles. The first kappa shape index (κ1) is 18.0. The van der Waals surface area contributed by atoms with Gasteiger partial charge < -0.3 is 10.6 Å². The van der Waals surface area contributed by atoms with Gasteiger partial charge >= 0.3 is 0 Å². The Labute approximate surface area is 153 Å². The highest BCUT2D eigenvalue weighted by molar-refractivity contribution is 5.57. The van der Waals surface area contributed by atoms with Crippen LogP contribution in [0.15, 0.2) is 48.5 Å². The molecule has 2 aromatic rings. The van der Waals surface area contributed by atoms with Gasteiger partial charge in [0, 0.05) is 5.69 Å². The molecule has 0 saturated carbocycles. The molecule has 0 fully saturated rings. The molecule has 25 heavy (non-hydrogen) atoms. The van der Waals surface area contributed by atoms with Crippen LogP contribution in [0, 0.1) is 5.92 Å². The Bertz CT molecular complexity index is 685. The molecule has 2 N–H and O–H groups in total. The quantitative estimate of drug-likeness (QED) is 0.723. The smallest absolute Gasteiger partial charge is 0.0545 e. The third kappa shape index (κ3) is 4.24. The first-order valence-corrected chi connectivity index (χ1v) is 9.58. The monoisotopic (exact) mass is 336 g/mol. The molecule has 0 amide bonds. The third-order valence-electron chi connectivity index (χ3n) is 5.40. The van der Waals surface area contributed by atoms with E-state index in [1.807, 2.05) is 7.05 Å². The second-order valence-electron chi connectivity index (χ2n) is 8.36. The molecule has 0 aromatic heterocycles. The lowest BCUT2D eigenvalue weighted by atomic mass is 9.78. The maximum Gasteiger partial charge on any atom is 0.0545 e. The van der Waals surface area contributed by atoms with E-state index in [9.17, 15) is 0 Å². The molecule has 0 bridgehead atoms. The molecular weight excluding hydrogens is 304 g/mol. The summed E-state index contributed by atoms with van der Waals surface area (Å²) in [5.74, 6) is 0.637. The van der Waals surface area contributed by atoms with Crippen molar-refractivity contribution in [3.63, 3.8) is 0 Å². The van der Waals surface area contributed by atoms with Crippen molar-refractivity contribution in [1.29, 1.82) is 0 Å². The van der Waals surface area contributed by atoms with Crippen molar-refractivity contribution in [3.05, 3.63) is 65.2 Å². The number of anilines is 1. The molecule has 1 aliphatic heterocycles. The molecule has 0 spiro atoms. The number of nitrogens with one attached hydrogen (secondary N) is 2. The molecule has 2 heteroatoms. The van der Waals surface area contributed by atoms with E-state index in [1.54, 1.807) is 0 Å². The van der Waals surface area contributed by atoms with Gasteiger partial charge in [-0.3, -0.25) is 0 Å². The zero-order chi connectivity index (χ0) is 17.9. The van der Waals surface area contributed by atoms with E-state index in [1.165, 1.54) is 35.2 Å². The van der Waals surface area contributed by atoms with Gasteiger partial charge in [-0.05, 0) is 66.9 Å². The van der Waals surface area contributed by atoms with Crippen molar-refractivity contribution in [2.45, 2.75) is 51.5 Å². The normalized spacial score (nSPS) is 20.0. The summed E-state index contributed by atoms with van der Waals surface area (Å²) in [6.45, 7) is 7.97. The predicted molar refractivity (Wildman–Crippen MR) is 108 cm³/mol. The lowest BCUT2D eigenvalue weighted by molar-refractivity contribution is 0.394. The second-order valence-corrected chi connectivity index (χ2v) is 8.36. The summed E-state index contributed by atoms with van der Waals surface area (Å²) in [5, 5.41) is 7.14. The summed E-state index contributed by atoms with van der Waals surface area (Å²) < 4.78 is 0. The Morgan fingerprint density at radius 2 is 1.84 bits per heavy atom. The molecule has 0 saturated heterocycles. The Morgan fingerprint density at radius 1 is 1.08 bits per heavy atom. The largest absolute Gasteiger partial charge is 0.378 e. The maximum absolute atomic E-state index is 3.85. The first-order chi connectivity index (χ1) is 12.0. The van der Waals surface area contributed by atoms with Crippen LogP contribution in [-0.2, 0) is 11.8 Å². The number of rotatable bonds is 5. The van der Waals surface area contributed by atoms with Gasteiger partial charge in [0.25, 0.3) is 0 Å². The highest BCUT2D eigenvalue weighted by Gasteiger charge is 2.29. The number of benzene rings is 2. The minimum atomic E-state index is 0.201. The molecule has 134 valence electrons. The summed E-state index contributed by atoms with van der Waals surface area (Å²) in [6, 6.07) is 18.3. The van der Waals surface area contributed by atoms with Gasteiger partial charge in [-0.15, -0.1) is 0 Å². The van der Waals surface area contributed by atoms with Crippen LogP contribution in [0.25, 0.3) is 0 Å². The maximum atomic E-state index is 3.85. The van der Waals surface area contributed by atoms with E-state index >= 15 is 0 Å². The van der Waals surface area contributed by atoms with Crippen LogP contribution < -0.4 is 10.6 Å². The standard InChI is InChI=1S/C23H32N2/c1-23(2,3)20-12-13-21-19(16-20)15-18(11-8-14-24-4)22(25-21)17-9-6-5-7-10-17/h5-7,9-10,12-13,16,18,22,24-25H,8,11,14-15H2,1-4H3/t18-,22+/m0/s1. The van der Waals surface area contributed by atoms with Crippen molar-refractivity contribution in [2.24, 2.45) is 5.92 Å². The Morgan fingerprint density at radius 3 is 2.52 bits per heavy atom. The molecule has 3 rings (SSSR count). The van der Waals surface area contributed by atoms with Gasteiger partial charge in [-0.25, -0.2) is 0 Å². The molecule has 0 unspecified atom stereocenters. The van der Waals surface area contributed by atoms with Crippen molar-refractivity contribution in [1.82, 2.24) is 5.32 Å². The highest BCUT2D eigenvalue weighted by atomic mass is 14.9. The SMILES string of the molecule is CNCCC[C@H]1Cc2cc(C(C)(C)C)ccc2N[C@@H]1c1ccccc1. The molecule has 1 heterocycles. The van der Waals surface area contributed by atoms with Gasteiger partial charge in [0.15, 0.2) is 0 Å². The average molecular weight is 337 g/mol. The van der Waals surface area contributed by atoms with Crippen LogP contribution >= 0.6 is 0 Å². The van der Waals surface area contributed by atoms with E-state index in [4.69, 9.17) is 0 Å². The summed E-state index contributed by atoms with van der Waals surface area (Å²) >= 11 is 0. The minimum Gasteiger partial charge on any atom is -0.378 e. The molecule has 2 nitrogen and oxygen atoms in total. The highest BCUT2D eigenvalue weighted by Crippen LogP contribution is 2.40. The third-order valence-corrected chi connectivity index (χ3v) is 5.40. The van der Waals surface area contributed by atoms with Gasteiger partial charge in [0.05, 0.1) is 6.04 Å². The van der Waals surface area contributed by atoms with E-state index in [-0.39, 0.29) is 5.41 Å². The van der Waals surface area contributed by atoms with E-state index in [2.05, 4.69) is 79.9 Å². The zero-order valence-electron chi connectivity index (χ0n) is 16.1. The van der Waals surface area contributed by atoms with E-state index in [0.29, 0.717) is 12.0 Å². The van der Waals surface area contributed by atoms with E-state index in [0.717, 1.165) is 13.0 Å². The van der Waals surface area contributed by atoms with E-state index < -0.39 is 0 Å². The minimum absolute atomic E-state index is 0.201. The Hall–Kier alpha value is -1.80. The molecule has 1 aliphatic rings. The molecule has 2 aromatic carbocycles. The average Bonchev–Trinajstić information content (AvgIpc) is 2.61. The second kappa shape index (κ2) is 7.61.